The van der Waals surface area contributed by atoms with E-state index in [0.717, 1.165) is 10.0 Å². The highest BCUT2D eigenvalue weighted by atomic mass is 79.9. The molecular formula is C11H14BrClN2O. The third-order valence-electron chi connectivity index (χ3n) is 2.11. The van der Waals surface area contributed by atoms with E-state index in [0.29, 0.717) is 18.1 Å². The van der Waals surface area contributed by atoms with Crippen molar-refractivity contribution < 1.29 is 4.79 Å². The standard InChI is InChI=1S/C11H14BrClN2O/c1-15(2)11(16)7-14-6-8-3-4-9(13)5-10(8)12/h3-5,14H,6-7H2,1-2H3. The predicted octanol–water partition coefficient (Wildman–Crippen LogP) is 2.28. The lowest BCUT2D eigenvalue weighted by Gasteiger charge is -2.11. The number of nitrogens with one attached hydrogen (secondary N) is 1. The molecule has 0 unspecified atom stereocenters. The van der Waals surface area contributed by atoms with Crippen LogP contribution in [0.25, 0.3) is 0 Å². The van der Waals surface area contributed by atoms with E-state index < -0.39 is 0 Å². The van der Waals surface area contributed by atoms with E-state index in [1.807, 2.05) is 18.2 Å². The normalized spacial score (nSPS) is 10.2. The molecule has 1 aromatic carbocycles. The number of carbonyl (C=O) groups is 1. The van der Waals surface area contributed by atoms with Crippen LogP contribution in [-0.4, -0.2) is 31.4 Å². The van der Waals surface area contributed by atoms with Crippen molar-refractivity contribution in [2.24, 2.45) is 0 Å². The van der Waals surface area contributed by atoms with Gasteiger partial charge < -0.3 is 10.2 Å². The van der Waals surface area contributed by atoms with Gasteiger partial charge in [0.05, 0.1) is 6.54 Å². The first-order valence-electron chi connectivity index (χ1n) is 4.85. The zero-order valence-corrected chi connectivity index (χ0v) is 11.6. The Hall–Kier alpha value is -0.580. The molecule has 1 rings (SSSR count). The van der Waals surface area contributed by atoms with Crippen LogP contribution in [0.5, 0.6) is 0 Å². The molecule has 88 valence electrons. The molecule has 0 spiro atoms. The van der Waals surface area contributed by atoms with Gasteiger partial charge in [0.15, 0.2) is 0 Å². The number of hydrogen-bond acceptors (Lipinski definition) is 2. The summed E-state index contributed by atoms with van der Waals surface area (Å²) < 4.78 is 0.949. The highest BCUT2D eigenvalue weighted by Gasteiger charge is 2.04. The van der Waals surface area contributed by atoms with Crippen LogP contribution in [0.1, 0.15) is 5.56 Å². The molecule has 1 aromatic rings. The van der Waals surface area contributed by atoms with Crippen LogP contribution in [0.15, 0.2) is 22.7 Å². The van der Waals surface area contributed by atoms with Crippen molar-refractivity contribution >= 4 is 33.4 Å². The fourth-order valence-corrected chi connectivity index (χ4v) is 1.95. The first-order chi connectivity index (χ1) is 7.50. The zero-order chi connectivity index (χ0) is 12.1. The van der Waals surface area contributed by atoms with Crippen LogP contribution in [-0.2, 0) is 11.3 Å². The Balaban J connectivity index is 2.46. The van der Waals surface area contributed by atoms with Gasteiger partial charge >= 0.3 is 0 Å². The number of hydrogen-bond donors (Lipinski definition) is 1. The third kappa shape index (κ3) is 4.12. The fourth-order valence-electron chi connectivity index (χ4n) is 1.13. The average Bonchev–Trinajstić information content (AvgIpc) is 2.20. The van der Waals surface area contributed by atoms with E-state index in [-0.39, 0.29) is 5.91 Å². The fraction of sp³-hybridized carbons (Fsp3) is 0.364. The van der Waals surface area contributed by atoms with Crippen molar-refractivity contribution in [3.05, 3.63) is 33.3 Å². The summed E-state index contributed by atoms with van der Waals surface area (Å²) in [5.41, 5.74) is 1.08. The SMILES string of the molecule is CN(C)C(=O)CNCc1ccc(Cl)cc1Br. The maximum absolute atomic E-state index is 11.3. The number of carbonyl (C=O) groups excluding carboxylic acids is 1. The molecule has 1 amide bonds. The summed E-state index contributed by atoms with van der Waals surface area (Å²) in [5, 5.41) is 3.77. The van der Waals surface area contributed by atoms with Crippen molar-refractivity contribution in [2.45, 2.75) is 6.54 Å². The summed E-state index contributed by atoms with van der Waals surface area (Å²) in [6.45, 7) is 0.972. The first kappa shape index (κ1) is 13.5. The van der Waals surface area contributed by atoms with Gasteiger partial charge in [0.25, 0.3) is 0 Å². The molecule has 0 aliphatic carbocycles. The minimum Gasteiger partial charge on any atom is -0.348 e. The maximum atomic E-state index is 11.3. The van der Waals surface area contributed by atoms with E-state index >= 15 is 0 Å². The second-order valence-electron chi connectivity index (χ2n) is 3.63. The number of benzene rings is 1. The van der Waals surface area contributed by atoms with Crippen molar-refractivity contribution in [1.82, 2.24) is 10.2 Å². The summed E-state index contributed by atoms with van der Waals surface area (Å²) in [5.74, 6) is 0.0603. The van der Waals surface area contributed by atoms with Gasteiger partial charge in [-0.15, -0.1) is 0 Å². The van der Waals surface area contributed by atoms with E-state index in [1.165, 1.54) is 0 Å². The van der Waals surface area contributed by atoms with Crippen LogP contribution in [0.2, 0.25) is 5.02 Å². The Morgan fingerprint density at radius 3 is 2.75 bits per heavy atom. The van der Waals surface area contributed by atoms with Crippen molar-refractivity contribution in [1.29, 1.82) is 0 Å². The van der Waals surface area contributed by atoms with Gasteiger partial charge in [-0.1, -0.05) is 33.6 Å². The summed E-state index contributed by atoms with van der Waals surface area (Å²) in [7, 11) is 3.48. The molecule has 0 radical (unpaired) electrons. The number of likely N-dealkylation sites (N-methyl/N-ethyl adjacent to an activating group) is 1. The summed E-state index contributed by atoms with van der Waals surface area (Å²) in [4.78, 5) is 12.9. The highest BCUT2D eigenvalue weighted by molar-refractivity contribution is 9.10. The van der Waals surface area contributed by atoms with Gasteiger partial charge in [0, 0.05) is 30.1 Å². The molecule has 0 saturated carbocycles. The first-order valence-corrected chi connectivity index (χ1v) is 6.02. The smallest absolute Gasteiger partial charge is 0.236 e. The molecule has 1 N–H and O–H groups in total. The second kappa shape index (κ2) is 6.23. The molecule has 0 saturated heterocycles. The Morgan fingerprint density at radius 1 is 1.50 bits per heavy atom. The lowest BCUT2D eigenvalue weighted by molar-refractivity contribution is -0.127. The summed E-state index contributed by atoms with van der Waals surface area (Å²) in [6, 6.07) is 5.60. The van der Waals surface area contributed by atoms with Gasteiger partial charge in [-0.2, -0.15) is 0 Å². The molecule has 0 atom stereocenters. The molecule has 0 bridgehead atoms. The Morgan fingerprint density at radius 2 is 2.19 bits per heavy atom. The van der Waals surface area contributed by atoms with E-state index in [2.05, 4.69) is 21.2 Å². The predicted molar refractivity (Wildman–Crippen MR) is 69.6 cm³/mol. The van der Waals surface area contributed by atoms with Crippen molar-refractivity contribution in [3.63, 3.8) is 0 Å². The minimum absolute atomic E-state index is 0.0603. The van der Waals surface area contributed by atoms with Gasteiger partial charge in [-0.05, 0) is 17.7 Å². The Labute approximate surface area is 109 Å². The molecule has 0 fully saturated rings. The summed E-state index contributed by atoms with van der Waals surface area (Å²) >= 11 is 9.26. The van der Waals surface area contributed by atoms with Crippen molar-refractivity contribution in [3.8, 4) is 0 Å². The Bertz CT molecular complexity index is 382. The molecule has 0 aliphatic rings. The molecule has 3 nitrogen and oxygen atoms in total. The maximum Gasteiger partial charge on any atom is 0.236 e. The monoisotopic (exact) mass is 304 g/mol. The van der Waals surface area contributed by atoms with Crippen LogP contribution in [0.3, 0.4) is 0 Å². The number of nitrogens with zero attached hydrogens (tertiary/aromatic N) is 1. The molecule has 5 heteroatoms. The minimum atomic E-state index is 0.0603. The lowest BCUT2D eigenvalue weighted by Crippen LogP contribution is -2.32. The molecular weight excluding hydrogens is 291 g/mol. The van der Waals surface area contributed by atoms with E-state index in [9.17, 15) is 4.79 Å². The lowest BCUT2D eigenvalue weighted by atomic mass is 10.2. The average molecular weight is 306 g/mol. The highest BCUT2D eigenvalue weighted by Crippen LogP contribution is 2.21. The molecule has 16 heavy (non-hydrogen) atoms. The number of amides is 1. The molecule has 0 heterocycles. The Kier molecular flexibility index (Phi) is 5.25. The zero-order valence-electron chi connectivity index (χ0n) is 9.26. The van der Waals surface area contributed by atoms with Gasteiger partial charge in [-0.25, -0.2) is 0 Å². The number of halogens is 2. The second-order valence-corrected chi connectivity index (χ2v) is 4.92. The van der Waals surface area contributed by atoms with E-state index in [1.54, 1.807) is 19.0 Å². The number of rotatable bonds is 4. The summed E-state index contributed by atoms with van der Waals surface area (Å²) in [6.07, 6.45) is 0. The van der Waals surface area contributed by atoms with Crippen LogP contribution < -0.4 is 5.32 Å². The third-order valence-corrected chi connectivity index (χ3v) is 3.08. The van der Waals surface area contributed by atoms with Gasteiger partial charge in [0.2, 0.25) is 5.91 Å². The van der Waals surface area contributed by atoms with E-state index in [4.69, 9.17) is 11.6 Å². The van der Waals surface area contributed by atoms with Gasteiger partial charge in [0.1, 0.15) is 0 Å². The van der Waals surface area contributed by atoms with Crippen LogP contribution in [0, 0.1) is 0 Å². The molecule has 0 aliphatic heterocycles. The van der Waals surface area contributed by atoms with Crippen molar-refractivity contribution in [2.75, 3.05) is 20.6 Å². The van der Waals surface area contributed by atoms with Crippen LogP contribution >= 0.6 is 27.5 Å². The quantitative estimate of drug-likeness (QED) is 0.925. The topological polar surface area (TPSA) is 32.3 Å². The van der Waals surface area contributed by atoms with Crippen LogP contribution in [0.4, 0.5) is 0 Å². The molecule has 0 aromatic heterocycles. The largest absolute Gasteiger partial charge is 0.348 e. The van der Waals surface area contributed by atoms with Gasteiger partial charge in [-0.3, -0.25) is 4.79 Å².